The number of anilines is 2. The molecule has 2 N–H and O–H groups in total. The molecule has 0 aliphatic carbocycles. The average molecular weight is 338 g/mol. The van der Waals surface area contributed by atoms with Crippen molar-refractivity contribution >= 4 is 33.3 Å². The third kappa shape index (κ3) is 3.54. The monoisotopic (exact) mass is 337 g/mol. The summed E-state index contributed by atoms with van der Waals surface area (Å²) in [5, 5.41) is 5.65. The summed E-state index contributed by atoms with van der Waals surface area (Å²) >= 11 is 3.21. The Morgan fingerprint density at radius 1 is 1.35 bits per heavy atom. The van der Waals surface area contributed by atoms with Crippen molar-refractivity contribution in [3.8, 4) is 0 Å². The number of hydrogen-bond acceptors (Lipinski definition) is 3. The summed E-state index contributed by atoms with van der Waals surface area (Å²) in [6.45, 7) is 2.73. The summed E-state index contributed by atoms with van der Waals surface area (Å²) in [5.74, 6) is -0.358. The van der Waals surface area contributed by atoms with Crippen LogP contribution in [-0.2, 0) is 0 Å². The van der Waals surface area contributed by atoms with Gasteiger partial charge in [0.25, 0.3) is 5.91 Å². The minimum absolute atomic E-state index is 0.0184. The van der Waals surface area contributed by atoms with Crippen LogP contribution in [0.5, 0.6) is 0 Å². The van der Waals surface area contributed by atoms with Crippen molar-refractivity contribution in [2.24, 2.45) is 0 Å². The van der Waals surface area contributed by atoms with Crippen molar-refractivity contribution in [1.82, 2.24) is 4.98 Å². The van der Waals surface area contributed by atoms with Crippen LogP contribution >= 0.6 is 15.9 Å². The molecule has 0 spiro atoms. The number of carbonyl (C=O) groups excluding carboxylic acids is 1. The van der Waals surface area contributed by atoms with E-state index < -0.39 is 11.7 Å². The number of nitrogens with one attached hydrogen (secondary N) is 2. The molecule has 6 heteroatoms. The molecule has 0 fully saturated rings. The lowest BCUT2D eigenvalue weighted by Crippen LogP contribution is -2.14. The maximum absolute atomic E-state index is 13.6. The minimum atomic E-state index is -0.567. The number of benzene rings is 1. The van der Waals surface area contributed by atoms with E-state index in [-0.39, 0.29) is 5.56 Å². The van der Waals surface area contributed by atoms with Gasteiger partial charge < -0.3 is 10.6 Å². The Kier molecular flexibility index (Phi) is 4.68. The fraction of sp³-hybridized carbons (Fsp3) is 0.143. The molecule has 20 heavy (non-hydrogen) atoms. The van der Waals surface area contributed by atoms with E-state index in [0.29, 0.717) is 10.2 Å². The van der Waals surface area contributed by atoms with E-state index in [4.69, 9.17) is 0 Å². The van der Waals surface area contributed by atoms with E-state index in [9.17, 15) is 9.18 Å². The SMILES string of the molecule is CCNc1ccc(NC(=O)c2cc(Br)ccc2F)cn1. The molecule has 104 valence electrons. The van der Waals surface area contributed by atoms with Crippen molar-refractivity contribution in [2.75, 3.05) is 17.2 Å². The van der Waals surface area contributed by atoms with Gasteiger partial charge in [-0.3, -0.25) is 4.79 Å². The van der Waals surface area contributed by atoms with Crippen LogP contribution in [0.2, 0.25) is 0 Å². The van der Waals surface area contributed by atoms with Crippen molar-refractivity contribution in [3.05, 3.63) is 52.4 Å². The quantitative estimate of drug-likeness (QED) is 0.894. The van der Waals surface area contributed by atoms with Gasteiger partial charge in [-0.25, -0.2) is 9.37 Å². The zero-order valence-corrected chi connectivity index (χ0v) is 12.4. The summed E-state index contributed by atoms with van der Waals surface area (Å²) in [6, 6.07) is 7.67. The van der Waals surface area contributed by atoms with Gasteiger partial charge in [-0.15, -0.1) is 0 Å². The minimum Gasteiger partial charge on any atom is -0.370 e. The van der Waals surface area contributed by atoms with Gasteiger partial charge in [0.1, 0.15) is 11.6 Å². The lowest BCUT2D eigenvalue weighted by molar-refractivity contribution is 0.102. The van der Waals surface area contributed by atoms with E-state index in [0.717, 1.165) is 12.4 Å². The van der Waals surface area contributed by atoms with Crippen LogP contribution in [0.4, 0.5) is 15.9 Å². The summed E-state index contributed by atoms with van der Waals surface area (Å²) in [7, 11) is 0. The first-order chi connectivity index (χ1) is 9.60. The Hall–Kier alpha value is -1.95. The number of carbonyl (C=O) groups is 1. The van der Waals surface area contributed by atoms with Crippen LogP contribution < -0.4 is 10.6 Å². The third-order valence-electron chi connectivity index (χ3n) is 2.55. The second-order valence-corrected chi connectivity index (χ2v) is 4.96. The highest BCUT2D eigenvalue weighted by Crippen LogP contribution is 2.17. The second kappa shape index (κ2) is 6.47. The number of amides is 1. The Balaban J connectivity index is 2.13. The highest BCUT2D eigenvalue weighted by Gasteiger charge is 2.12. The second-order valence-electron chi connectivity index (χ2n) is 4.04. The Morgan fingerprint density at radius 3 is 2.80 bits per heavy atom. The topological polar surface area (TPSA) is 54.0 Å². The Labute approximate surface area is 124 Å². The molecule has 0 aliphatic heterocycles. The Morgan fingerprint density at radius 2 is 2.15 bits per heavy atom. The zero-order valence-electron chi connectivity index (χ0n) is 10.8. The molecule has 1 aromatic heterocycles. The zero-order chi connectivity index (χ0) is 14.5. The molecule has 2 aromatic rings. The molecule has 0 saturated carbocycles. The molecule has 1 heterocycles. The van der Waals surface area contributed by atoms with Crippen LogP contribution in [0.1, 0.15) is 17.3 Å². The highest BCUT2D eigenvalue weighted by atomic mass is 79.9. The summed E-state index contributed by atoms with van der Waals surface area (Å²) in [4.78, 5) is 16.1. The lowest BCUT2D eigenvalue weighted by atomic mass is 10.2. The molecule has 4 nitrogen and oxygen atoms in total. The number of rotatable bonds is 4. The van der Waals surface area contributed by atoms with Gasteiger partial charge in [0, 0.05) is 11.0 Å². The molecule has 0 radical (unpaired) electrons. The van der Waals surface area contributed by atoms with Gasteiger partial charge in [0.2, 0.25) is 0 Å². The fourth-order valence-electron chi connectivity index (χ4n) is 1.62. The van der Waals surface area contributed by atoms with Gasteiger partial charge in [-0.1, -0.05) is 15.9 Å². The first-order valence-corrected chi connectivity index (χ1v) is 6.85. The summed E-state index contributed by atoms with van der Waals surface area (Å²) in [5.41, 5.74) is 0.492. The lowest BCUT2D eigenvalue weighted by Gasteiger charge is -2.07. The fourth-order valence-corrected chi connectivity index (χ4v) is 1.98. The standard InChI is InChI=1S/C14H13BrFN3O/c1-2-17-13-6-4-10(8-18-13)19-14(20)11-7-9(15)3-5-12(11)16/h3-8H,2H2,1H3,(H,17,18)(H,19,20). The van der Waals surface area contributed by atoms with Crippen LogP contribution in [0, 0.1) is 5.82 Å². The summed E-state index contributed by atoms with van der Waals surface area (Å²) < 4.78 is 14.2. The molecule has 0 aliphatic rings. The number of hydrogen-bond donors (Lipinski definition) is 2. The van der Waals surface area contributed by atoms with Gasteiger partial charge in [-0.2, -0.15) is 0 Å². The van der Waals surface area contributed by atoms with Crippen molar-refractivity contribution < 1.29 is 9.18 Å². The summed E-state index contributed by atoms with van der Waals surface area (Å²) in [6.07, 6.45) is 1.52. The number of nitrogens with zero attached hydrogens (tertiary/aromatic N) is 1. The maximum Gasteiger partial charge on any atom is 0.258 e. The van der Waals surface area contributed by atoms with E-state index in [1.807, 2.05) is 6.92 Å². The molecular formula is C14H13BrFN3O. The number of halogens is 2. The molecular weight excluding hydrogens is 325 g/mol. The molecule has 0 bridgehead atoms. The molecule has 1 amide bonds. The predicted molar refractivity (Wildman–Crippen MR) is 80.5 cm³/mol. The Bertz CT molecular complexity index is 616. The van der Waals surface area contributed by atoms with E-state index in [1.54, 1.807) is 18.2 Å². The number of aromatic nitrogens is 1. The van der Waals surface area contributed by atoms with Gasteiger partial charge in [0.15, 0.2) is 0 Å². The maximum atomic E-state index is 13.6. The molecule has 0 atom stereocenters. The van der Waals surface area contributed by atoms with Gasteiger partial charge in [0.05, 0.1) is 17.4 Å². The highest BCUT2D eigenvalue weighted by molar-refractivity contribution is 9.10. The van der Waals surface area contributed by atoms with E-state index in [1.165, 1.54) is 18.3 Å². The molecule has 0 saturated heterocycles. The van der Waals surface area contributed by atoms with Crippen molar-refractivity contribution in [2.45, 2.75) is 6.92 Å². The molecule has 1 aromatic carbocycles. The number of pyridine rings is 1. The third-order valence-corrected chi connectivity index (χ3v) is 3.05. The first kappa shape index (κ1) is 14.5. The van der Waals surface area contributed by atoms with Crippen molar-refractivity contribution in [1.29, 1.82) is 0 Å². The molecule has 2 rings (SSSR count). The van der Waals surface area contributed by atoms with E-state index in [2.05, 4.69) is 31.5 Å². The van der Waals surface area contributed by atoms with Crippen LogP contribution in [-0.4, -0.2) is 17.4 Å². The van der Waals surface area contributed by atoms with Gasteiger partial charge >= 0.3 is 0 Å². The van der Waals surface area contributed by atoms with Gasteiger partial charge in [-0.05, 0) is 37.3 Å². The smallest absolute Gasteiger partial charge is 0.258 e. The van der Waals surface area contributed by atoms with E-state index >= 15 is 0 Å². The predicted octanol–water partition coefficient (Wildman–Crippen LogP) is 3.67. The van der Waals surface area contributed by atoms with Crippen LogP contribution in [0.3, 0.4) is 0 Å². The molecule has 0 unspecified atom stereocenters. The average Bonchev–Trinajstić information content (AvgIpc) is 2.44. The normalized spacial score (nSPS) is 10.2. The van der Waals surface area contributed by atoms with Crippen molar-refractivity contribution in [3.63, 3.8) is 0 Å². The first-order valence-electron chi connectivity index (χ1n) is 6.06. The van der Waals surface area contributed by atoms with Crippen LogP contribution in [0.25, 0.3) is 0 Å². The van der Waals surface area contributed by atoms with Crippen LogP contribution in [0.15, 0.2) is 41.0 Å². The largest absolute Gasteiger partial charge is 0.370 e.